The van der Waals surface area contributed by atoms with Crippen LogP contribution >= 0.6 is 0 Å². The molecule has 0 bridgehead atoms. The average molecular weight is 305 g/mol. The Morgan fingerprint density at radius 1 is 1.18 bits per heavy atom. The van der Waals surface area contributed by atoms with Gasteiger partial charge in [0.25, 0.3) is 0 Å². The van der Waals surface area contributed by atoms with Gasteiger partial charge in [0.1, 0.15) is 17.7 Å². The van der Waals surface area contributed by atoms with Crippen molar-refractivity contribution in [3.8, 4) is 11.1 Å². The molecular weight excluding hydrogens is 288 g/mol. The number of esters is 1. The van der Waals surface area contributed by atoms with Gasteiger partial charge in [0.2, 0.25) is 0 Å². The highest BCUT2D eigenvalue weighted by Gasteiger charge is 2.15. The Labute approximate surface area is 127 Å². The summed E-state index contributed by atoms with van der Waals surface area (Å²) in [6.07, 6.45) is 0.338. The fourth-order valence-electron chi connectivity index (χ4n) is 2.13. The largest absolute Gasteiger partial charge is 0.465 e. The topological polar surface area (TPSA) is 52.3 Å². The van der Waals surface area contributed by atoms with Gasteiger partial charge in [0, 0.05) is 11.6 Å². The van der Waals surface area contributed by atoms with Crippen molar-refractivity contribution in [2.45, 2.75) is 19.4 Å². The molecule has 0 aliphatic heterocycles. The van der Waals surface area contributed by atoms with E-state index in [1.807, 2.05) is 0 Å². The maximum absolute atomic E-state index is 13.7. The molecule has 1 unspecified atom stereocenters. The molecule has 5 heteroatoms. The number of halogens is 2. The molecule has 0 amide bonds. The van der Waals surface area contributed by atoms with Crippen molar-refractivity contribution in [2.24, 2.45) is 5.73 Å². The summed E-state index contributed by atoms with van der Waals surface area (Å²) in [5, 5.41) is 0. The number of hydrogen-bond acceptors (Lipinski definition) is 3. The standard InChI is InChI=1S/C17H17F2NO2/c1-2-22-17(21)16(20)9-11-3-5-12(6-4-11)14-8-7-13(18)10-15(14)19/h3-8,10,16H,2,9,20H2,1H3. The molecule has 0 spiro atoms. The van der Waals surface area contributed by atoms with Crippen LogP contribution < -0.4 is 5.73 Å². The molecule has 0 heterocycles. The molecule has 0 aromatic heterocycles. The molecule has 22 heavy (non-hydrogen) atoms. The highest BCUT2D eigenvalue weighted by Crippen LogP contribution is 2.24. The number of rotatable bonds is 5. The third-order valence-electron chi connectivity index (χ3n) is 3.24. The maximum atomic E-state index is 13.7. The summed E-state index contributed by atoms with van der Waals surface area (Å²) in [5.41, 5.74) is 7.54. The predicted octanol–water partition coefficient (Wildman–Crippen LogP) is 3.06. The van der Waals surface area contributed by atoms with E-state index < -0.39 is 23.6 Å². The van der Waals surface area contributed by atoms with Crippen LogP contribution in [0.25, 0.3) is 11.1 Å². The van der Waals surface area contributed by atoms with Crippen molar-refractivity contribution in [2.75, 3.05) is 6.61 Å². The third kappa shape index (κ3) is 3.89. The number of benzene rings is 2. The van der Waals surface area contributed by atoms with Crippen molar-refractivity contribution in [1.82, 2.24) is 0 Å². The van der Waals surface area contributed by atoms with Crippen LogP contribution in [-0.4, -0.2) is 18.6 Å². The molecule has 2 aromatic carbocycles. The smallest absolute Gasteiger partial charge is 0.323 e. The predicted molar refractivity (Wildman–Crippen MR) is 80.1 cm³/mol. The summed E-state index contributed by atoms with van der Waals surface area (Å²) in [6.45, 7) is 2.01. The van der Waals surface area contributed by atoms with E-state index in [1.54, 1.807) is 31.2 Å². The molecule has 0 saturated heterocycles. The van der Waals surface area contributed by atoms with E-state index in [9.17, 15) is 13.6 Å². The quantitative estimate of drug-likeness (QED) is 0.864. The van der Waals surface area contributed by atoms with Crippen molar-refractivity contribution in [1.29, 1.82) is 0 Å². The second-order valence-electron chi connectivity index (χ2n) is 4.88. The van der Waals surface area contributed by atoms with Gasteiger partial charge in [-0.1, -0.05) is 24.3 Å². The molecule has 2 N–H and O–H groups in total. The van der Waals surface area contributed by atoms with Gasteiger partial charge in [-0.3, -0.25) is 4.79 Å². The first-order valence-corrected chi connectivity index (χ1v) is 6.98. The highest BCUT2D eigenvalue weighted by molar-refractivity contribution is 5.76. The number of carbonyl (C=O) groups excluding carboxylic acids is 1. The molecule has 2 aromatic rings. The molecule has 0 aliphatic carbocycles. The molecule has 0 saturated carbocycles. The van der Waals surface area contributed by atoms with Crippen LogP contribution in [0.1, 0.15) is 12.5 Å². The minimum absolute atomic E-state index is 0.287. The lowest BCUT2D eigenvalue weighted by Crippen LogP contribution is -2.34. The van der Waals surface area contributed by atoms with E-state index in [2.05, 4.69) is 0 Å². The Balaban J connectivity index is 2.12. The fraction of sp³-hybridized carbons (Fsp3) is 0.235. The van der Waals surface area contributed by atoms with Gasteiger partial charge in [0.15, 0.2) is 0 Å². The van der Waals surface area contributed by atoms with E-state index in [0.29, 0.717) is 17.5 Å². The number of carbonyl (C=O) groups is 1. The first-order chi connectivity index (χ1) is 10.5. The molecular formula is C17H17F2NO2. The Hall–Kier alpha value is -2.27. The van der Waals surface area contributed by atoms with E-state index in [4.69, 9.17) is 10.5 Å². The number of ether oxygens (including phenoxy) is 1. The van der Waals surface area contributed by atoms with Gasteiger partial charge < -0.3 is 10.5 Å². The summed E-state index contributed by atoms with van der Waals surface area (Å²) in [6, 6.07) is 9.67. The van der Waals surface area contributed by atoms with E-state index in [0.717, 1.165) is 11.6 Å². The van der Waals surface area contributed by atoms with Gasteiger partial charge in [0.05, 0.1) is 6.61 Å². The molecule has 0 aliphatic rings. The van der Waals surface area contributed by atoms with Crippen LogP contribution in [0.5, 0.6) is 0 Å². The SMILES string of the molecule is CCOC(=O)C(N)Cc1ccc(-c2ccc(F)cc2F)cc1. The molecule has 1 atom stereocenters. The summed E-state index contributed by atoms with van der Waals surface area (Å²) >= 11 is 0. The van der Waals surface area contributed by atoms with Crippen LogP contribution in [0.2, 0.25) is 0 Å². The second-order valence-corrected chi connectivity index (χ2v) is 4.88. The minimum Gasteiger partial charge on any atom is -0.465 e. The molecule has 0 fully saturated rings. The maximum Gasteiger partial charge on any atom is 0.323 e. The monoisotopic (exact) mass is 305 g/mol. The number of nitrogens with two attached hydrogens (primary N) is 1. The molecule has 0 radical (unpaired) electrons. The Kier molecular flexibility index (Phi) is 5.22. The summed E-state index contributed by atoms with van der Waals surface area (Å²) in [5.74, 6) is -1.68. The average Bonchev–Trinajstić information content (AvgIpc) is 2.48. The lowest BCUT2D eigenvalue weighted by atomic mass is 10.0. The third-order valence-corrected chi connectivity index (χ3v) is 3.24. The zero-order chi connectivity index (χ0) is 16.1. The number of hydrogen-bond donors (Lipinski definition) is 1. The minimum atomic E-state index is -0.728. The lowest BCUT2D eigenvalue weighted by molar-refractivity contribution is -0.144. The van der Waals surface area contributed by atoms with Gasteiger partial charge in [-0.2, -0.15) is 0 Å². The van der Waals surface area contributed by atoms with Crippen LogP contribution in [0.3, 0.4) is 0 Å². The van der Waals surface area contributed by atoms with Crippen molar-refractivity contribution in [3.05, 3.63) is 59.7 Å². The van der Waals surface area contributed by atoms with E-state index >= 15 is 0 Å². The Morgan fingerprint density at radius 3 is 2.45 bits per heavy atom. The zero-order valence-electron chi connectivity index (χ0n) is 12.2. The van der Waals surface area contributed by atoms with Crippen molar-refractivity contribution < 1.29 is 18.3 Å². The molecule has 3 nitrogen and oxygen atoms in total. The second kappa shape index (κ2) is 7.13. The highest BCUT2D eigenvalue weighted by atomic mass is 19.1. The Morgan fingerprint density at radius 2 is 1.86 bits per heavy atom. The summed E-state index contributed by atoms with van der Waals surface area (Å²) in [7, 11) is 0. The zero-order valence-corrected chi connectivity index (χ0v) is 12.2. The van der Waals surface area contributed by atoms with Crippen LogP contribution in [0, 0.1) is 11.6 Å². The molecule has 116 valence electrons. The van der Waals surface area contributed by atoms with E-state index in [-0.39, 0.29) is 6.61 Å². The fourth-order valence-corrected chi connectivity index (χ4v) is 2.13. The van der Waals surface area contributed by atoms with Crippen LogP contribution in [0.15, 0.2) is 42.5 Å². The van der Waals surface area contributed by atoms with Gasteiger partial charge in [-0.25, -0.2) is 8.78 Å². The van der Waals surface area contributed by atoms with Crippen LogP contribution in [-0.2, 0) is 16.0 Å². The Bertz CT molecular complexity index is 656. The first-order valence-electron chi connectivity index (χ1n) is 6.98. The summed E-state index contributed by atoms with van der Waals surface area (Å²) in [4.78, 5) is 11.5. The van der Waals surface area contributed by atoms with Crippen molar-refractivity contribution in [3.63, 3.8) is 0 Å². The van der Waals surface area contributed by atoms with Crippen LogP contribution in [0.4, 0.5) is 8.78 Å². The molecule has 2 rings (SSSR count). The van der Waals surface area contributed by atoms with E-state index in [1.165, 1.54) is 12.1 Å². The van der Waals surface area contributed by atoms with Gasteiger partial charge >= 0.3 is 5.97 Å². The first kappa shape index (κ1) is 16.1. The lowest BCUT2D eigenvalue weighted by Gasteiger charge is -2.11. The summed E-state index contributed by atoms with van der Waals surface area (Å²) < 4.78 is 31.5. The normalized spacial score (nSPS) is 12.0. The van der Waals surface area contributed by atoms with Gasteiger partial charge in [-0.05, 0) is 36.6 Å². The van der Waals surface area contributed by atoms with Crippen molar-refractivity contribution >= 4 is 5.97 Å². The van der Waals surface area contributed by atoms with Gasteiger partial charge in [-0.15, -0.1) is 0 Å².